The fourth-order valence-corrected chi connectivity index (χ4v) is 4.69. The molecule has 2 N–H and O–H groups in total. The second kappa shape index (κ2) is 7.87. The number of hydrogen-bond acceptors (Lipinski definition) is 8. The van der Waals surface area contributed by atoms with Crippen LogP contribution in [0.15, 0.2) is 24.8 Å². The molecule has 12 heteroatoms. The van der Waals surface area contributed by atoms with Crippen molar-refractivity contribution in [1.29, 1.82) is 0 Å². The fourth-order valence-electron chi connectivity index (χ4n) is 4.69. The molecular weight excluding hydrogens is 428 g/mol. The maximum Gasteiger partial charge on any atom is 0.407 e. The minimum Gasteiger partial charge on any atom is -0.478 e. The Balaban J connectivity index is 1.24. The number of ether oxygens (including phenoxy) is 1. The second-order valence-electron chi connectivity index (χ2n) is 8.25. The van der Waals surface area contributed by atoms with Crippen molar-refractivity contribution in [2.75, 3.05) is 37.0 Å². The number of aromatic nitrogens is 5. The predicted octanol–water partition coefficient (Wildman–Crippen LogP) is 1.52. The summed E-state index contributed by atoms with van der Waals surface area (Å²) in [6.45, 7) is 5.67. The molecule has 1 saturated heterocycles. The van der Waals surface area contributed by atoms with Gasteiger partial charge in [-0.15, -0.1) is 0 Å². The van der Waals surface area contributed by atoms with Crippen molar-refractivity contribution in [3.05, 3.63) is 36.2 Å². The molecule has 2 atom stereocenters. The van der Waals surface area contributed by atoms with E-state index in [1.165, 1.54) is 18.2 Å². The number of hydrogen-bond donors (Lipinski definition) is 2. The molecule has 0 radical (unpaired) electrons. The standard InChI is InChI=1S/C21H24N8O4/c1-4-29(21(31)32)17-12-8-27(9-13(12)17)16-6-22-14(5-23-16)19(30)25-15-10-28-7-11(2)24-18(28)20(26-15)33-3/h5-7,10,12-13,17H,4,8-9H2,1-3H3,(H,25,30)(H,31,32). The topological polar surface area (TPSA) is 138 Å². The predicted molar refractivity (Wildman–Crippen MR) is 118 cm³/mol. The van der Waals surface area contributed by atoms with Gasteiger partial charge in [0, 0.05) is 43.7 Å². The lowest BCUT2D eigenvalue weighted by molar-refractivity contribution is 0.102. The van der Waals surface area contributed by atoms with E-state index in [1.54, 1.807) is 16.8 Å². The Kier molecular flexibility index (Phi) is 4.99. The van der Waals surface area contributed by atoms with Crippen molar-refractivity contribution in [3.8, 4) is 5.88 Å². The maximum absolute atomic E-state index is 12.7. The second-order valence-corrected chi connectivity index (χ2v) is 8.25. The molecule has 3 aromatic heterocycles. The van der Waals surface area contributed by atoms with Gasteiger partial charge in [0.2, 0.25) is 5.65 Å². The third kappa shape index (κ3) is 3.66. The lowest BCUT2D eigenvalue weighted by Crippen LogP contribution is -2.38. The van der Waals surface area contributed by atoms with E-state index in [-0.39, 0.29) is 11.7 Å². The Morgan fingerprint density at radius 2 is 1.97 bits per heavy atom. The van der Waals surface area contributed by atoms with Gasteiger partial charge in [-0.25, -0.2) is 19.7 Å². The van der Waals surface area contributed by atoms with Crippen molar-refractivity contribution in [2.24, 2.45) is 11.8 Å². The summed E-state index contributed by atoms with van der Waals surface area (Å²) in [6, 6.07) is 0.0860. The van der Waals surface area contributed by atoms with Crippen LogP contribution in [0, 0.1) is 18.8 Å². The fraction of sp³-hybridized carbons (Fsp3) is 0.429. The van der Waals surface area contributed by atoms with Crippen LogP contribution in [0.3, 0.4) is 0 Å². The molecule has 172 valence electrons. The van der Waals surface area contributed by atoms with E-state index in [0.29, 0.717) is 41.5 Å². The molecule has 0 aromatic carbocycles. The van der Waals surface area contributed by atoms with Crippen molar-refractivity contribution in [1.82, 2.24) is 29.2 Å². The zero-order chi connectivity index (χ0) is 23.3. The highest BCUT2D eigenvalue weighted by molar-refractivity contribution is 6.02. The number of methoxy groups -OCH3 is 1. The van der Waals surface area contributed by atoms with Crippen LogP contribution in [-0.2, 0) is 0 Å². The molecule has 2 amide bonds. The van der Waals surface area contributed by atoms with Crippen molar-refractivity contribution < 1.29 is 19.4 Å². The number of carbonyl (C=O) groups excluding carboxylic acids is 1. The Morgan fingerprint density at radius 3 is 2.58 bits per heavy atom. The summed E-state index contributed by atoms with van der Waals surface area (Å²) in [5.41, 5.74) is 1.52. The summed E-state index contributed by atoms with van der Waals surface area (Å²) in [4.78, 5) is 44.9. The monoisotopic (exact) mass is 452 g/mol. The van der Waals surface area contributed by atoms with Gasteiger partial charge in [0.25, 0.3) is 11.8 Å². The lowest BCUT2D eigenvalue weighted by atomic mass is 10.3. The van der Waals surface area contributed by atoms with Gasteiger partial charge >= 0.3 is 6.09 Å². The van der Waals surface area contributed by atoms with Gasteiger partial charge in [0.15, 0.2) is 5.82 Å². The van der Waals surface area contributed by atoms with Gasteiger partial charge < -0.3 is 25.0 Å². The van der Waals surface area contributed by atoms with Crippen LogP contribution < -0.4 is 15.0 Å². The molecule has 0 spiro atoms. The molecule has 3 aromatic rings. The minimum atomic E-state index is -0.868. The van der Waals surface area contributed by atoms with Crippen LogP contribution >= 0.6 is 0 Å². The smallest absolute Gasteiger partial charge is 0.407 e. The average molecular weight is 452 g/mol. The molecule has 2 unspecified atom stereocenters. The minimum absolute atomic E-state index is 0.0860. The summed E-state index contributed by atoms with van der Waals surface area (Å²) >= 11 is 0. The van der Waals surface area contributed by atoms with E-state index < -0.39 is 12.0 Å². The quantitative estimate of drug-likeness (QED) is 0.570. The molecular formula is C21H24N8O4. The first-order chi connectivity index (χ1) is 15.9. The summed E-state index contributed by atoms with van der Waals surface area (Å²) in [6.07, 6.45) is 5.60. The lowest BCUT2D eigenvalue weighted by Gasteiger charge is -2.25. The zero-order valence-corrected chi connectivity index (χ0v) is 18.5. The van der Waals surface area contributed by atoms with Gasteiger partial charge in [-0.1, -0.05) is 0 Å². The number of piperidine rings is 1. The SMILES string of the molecule is CCN(C(=O)O)C1C2CN(c3cnc(C(=O)Nc4cn5cc(C)nc5c(OC)n4)cn3)CC21. The third-order valence-corrected chi connectivity index (χ3v) is 6.25. The highest BCUT2D eigenvalue weighted by Crippen LogP contribution is 2.49. The van der Waals surface area contributed by atoms with Crippen LogP contribution in [0.4, 0.5) is 16.4 Å². The first-order valence-electron chi connectivity index (χ1n) is 10.7. The van der Waals surface area contributed by atoms with Crippen LogP contribution in [0.2, 0.25) is 0 Å². The summed E-state index contributed by atoms with van der Waals surface area (Å²) < 4.78 is 7.02. The molecule has 33 heavy (non-hydrogen) atoms. The Hall–Kier alpha value is -3.96. The van der Waals surface area contributed by atoms with E-state index in [0.717, 1.165) is 18.8 Å². The molecule has 12 nitrogen and oxygen atoms in total. The molecule has 1 aliphatic heterocycles. The summed E-state index contributed by atoms with van der Waals surface area (Å²) in [5, 5.41) is 12.0. The van der Waals surface area contributed by atoms with Crippen LogP contribution in [0.5, 0.6) is 5.88 Å². The number of rotatable bonds is 6. The van der Waals surface area contributed by atoms with Gasteiger partial charge in [-0.2, -0.15) is 4.98 Å². The number of amides is 2. The molecule has 2 aliphatic rings. The van der Waals surface area contributed by atoms with E-state index in [9.17, 15) is 14.7 Å². The number of fused-ring (bicyclic) bond motifs is 2. The number of aryl methyl sites for hydroxylation is 1. The number of carboxylic acid groups (broad SMARTS) is 1. The zero-order valence-electron chi connectivity index (χ0n) is 18.5. The molecule has 0 bridgehead atoms. The van der Waals surface area contributed by atoms with Crippen LogP contribution in [0.1, 0.15) is 23.1 Å². The maximum atomic E-state index is 12.7. The highest BCUT2D eigenvalue weighted by atomic mass is 16.5. The molecule has 4 heterocycles. The number of nitrogens with zero attached hydrogens (tertiary/aromatic N) is 7. The Bertz CT molecular complexity index is 1210. The summed E-state index contributed by atoms with van der Waals surface area (Å²) in [7, 11) is 1.49. The number of anilines is 2. The van der Waals surface area contributed by atoms with Crippen LogP contribution in [0.25, 0.3) is 5.65 Å². The molecule has 2 fully saturated rings. The third-order valence-electron chi connectivity index (χ3n) is 6.25. The van der Waals surface area contributed by atoms with Crippen LogP contribution in [-0.4, -0.2) is 79.1 Å². The average Bonchev–Trinajstić information content (AvgIpc) is 3.12. The van der Waals surface area contributed by atoms with Crippen molar-refractivity contribution in [2.45, 2.75) is 19.9 Å². The Morgan fingerprint density at radius 1 is 1.21 bits per heavy atom. The van der Waals surface area contributed by atoms with E-state index in [1.807, 2.05) is 20.0 Å². The van der Waals surface area contributed by atoms with Crippen molar-refractivity contribution in [3.63, 3.8) is 0 Å². The van der Waals surface area contributed by atoms with Gasteiger partial charge in [-0.3, -0.25) is 9.20 Å². The van der Waals surface area contributed by atoms with Crippen molar-refractivity contribution >= 4 is 29.3 Å². The molecule has 1 saturated carbocycles. The number of imidazole rings is 1. The number of carbonyl (C=O) groups is 2. The van der Waals surface area contributed by atoms with Gasteiger partial charge in [0.1, 0.15) is 11.5 Å². The normalized spacial score (nSPS) is 21.1. The Labute approximate surface area is 189 Å². The molecule has 1 aliphatic carbocycles. The molecule has 5 rings (SSSR count). The highest BCUT2D eigenvalue weighted by Gasteiger charge is 2.59. The first kappa shape index (κ1) is 20.9. The van der Waals surface area contributed by atoms with Gasteiger partial charge in [-0.05, 0) is 13.8 Å². The largest absolute Gasteiger partial charge is 0.478 e. The van der Waals surface area contributed by atoms with E-state index >= 15 is 0 Å². The number of nitrogens with one attached hydrogen (secondary N) is 1. The van der Waals surface area contributed by atoms with E-state index in [2.05, 4.69) is 30.2 Å². The summed E-state index contributed by atoms with van der Waals surface area (Å²) in [5.74, 6) is 1.47. The first-order valence-corrected chi connectivity index (χ1v) is 10.7. The van der Waals surface area contributed by atoms with E-state index in [4.69, 9.17) is 4.74 Å². The van der Waals surface area contributed by atoms with Gasteiger partial charge in [0.05, 0.1) is 31.4 Å².